The van der Waals surface area contributed by atoms with Gasteiger partial charge in [0.2, 0.25) is 0 Å². The first-order chi connectivity index (χ1) is 6.95. The molecule has 84 valence electrons. The molecular formula is C11H19N3S. The van der Waals surface area contributed by atoms with Crippen LogP contribution in [-0.2, 0) is 12.0 Å². The second kappa shape index (κ2) is 3.85. The number of hydrogen-bond acceptors (Lipinski definition) is 4. The molecule has 1 fully saturated rings. The number of nitrogens with zero attached hydrogens (tertiary/aromatic N) is 2. The molecule has 0 unspecified atom stereocenters. The van der Waals surface area contributed by atoms with E-state index in [4.69, 9.17) is 5.73 Å². The van der Waals surface area contributed by atoms with Gasteiger partial charge in [-0.15, -0.1) is 11.3 Å². The van der Waals surface area contributed by atoms with Crippen molar-refractivity contribution in [3.63, 3.8) is 0 Å². The Bertz CT molecular complexity index is 334. The van der Waals surface area contributed by atoms with Crippen molar-refractivity contribution in [1.29, 1.82) is 0 Å². The molecule has 1 aliphatic rings. The quantitative estimate of drug-likeness (QED) is 0.831. The zero-order valence-electron chi connectivity index (χ0n) is 9.66. The van der Waals surface area contributed by atoms with Crippen molar-refractivity contribution in [1.82, 2.24) is 9.88 Å². The number of nitrogens with two attached hydrogens (primary N) is 1. The van der Waals surface area contributed by atoms with E-state index >= 15 is 0 Å². The molecular weight excluding hydrogens is 206 g/mol. The molecule has 1 aromatic heterocycles. The van der Waals surface area contributed by atoms with Crippen LogP contribution in [0.25, 0.3) is 0 Å². The molecule has 0 aliphatic carbocycles. The van der Waals surface area contributed by atoms with Crippen molar-refractivity contribution in [3.05, 3.63) is 16.1 Å². The lowest BCUT2D eigenvalue weighted by Crippen LogP contribution is -2.54. The van der Waals surface area contributed by atoms with Crippen LogP contribution in [-0.4, -0.2) is 29.0 Å². The molecule has 1 saturated heterocycles. The maximum absolute atomic E-state index is 5.74. The van der Waals surface area contributed by atoms with E-state index in [1.54, 1.807) is 11.3 Å². The van der Waals surface area contributed by atoms with Crippen LogP contribution in [0.4, 0.5) is 0 Å². The minimum atomic E-state index is 0.175. The normalized spacial score (nSPS) is 19.2. The van der Waals surface area contributed by atoms with E-state index in [0.29, 0.717) is 6.04 Å². The molecule has 3 nitrogen and oxygen atoms in total. The Morgan fingerprint density at radius 2 is 2.20 bits per heavy atom. The fraction of sp³-hybridized carbons (Fsp3) is 0.727. The van der Waals surface area contributed by atoms with Gasteiger partial charge in [0.25, 0.3) is 0 Å². The van der Waals surface area contributed by atoms with Gasteiger partial charge in [0.1, 0.15) is 0 Å². The summed E-state index contributed by atoms with van der Waals surface area (Å²) in [5.74, 6) is 0. The van der Waals surface area contributed by atoms with Crippen molar-refractivity contribution in [2.75, 3.05) is 13.1 Å². The van der Waals surface area contributed by atoms with Crippen molar-refractivity contribution in [2.24, 2.45) is 5.73 Å². The Kier molecular flexibility index (Phi) is 2.83. The summed E-state index contributed by atoms with van der Waals surface area (Å²) < 4.78 is 0. The zero-order chi connectivity index (χ0) is 11.1. The van der Waals surface area contributed by atoms with Crippen molar-refractivity contribution in [2.45, 2.75) is 38.8 Å². The number of rotatable bonds is 2. The lowest BCUT2D eigenvalue weighted by molar-refractivity contribution is 0.141. The fourth-order valence-electron chi connectivity index (χ4n) is 1.69. The van der Waals surface area contributed by atoms with Gasteiger partial charge in [0.15, 0.2) is 0 Å². The Balaban J connectivity index is 1.96. The summed E-state index contributed by atoms with van der Waals surface area (Å²) in [4.78, 5) is 7.00. The lowest BCUT2D eigenvalue weighted by atomic mass is 9.98. The average molecular weight is 225 g/mol. The standard InChI is InChI=1S/C11H19N3S/c1-11(2,3)10-13-9(7-15-10)6-14-4-8(12)5-14/h7-8H,4-6,12H2,1-3H3. The average Bonchev–Trinajstić information content (AvgIpc) is 2.49. The molecule has 2 N–H and O–H groups in total. The van der Waals surface area contributed by atoms with Gasteiger partial charge in [0, 0.05) is 36.5 Å². The molecule has 0 saturated carbocycles. The predicted molar refractivity (Wildman–Crippen MR) is 64.1 cm³/mol. The summed E-state index contributed by atoms with van der Waals surface area (Å²) in [7, 11) is 0. The van der Waals surface area contributed by atoms with E-state index in [1.165, 1.54) is 10.7 Å². The van der Waals surface area contributed by atoms with E-state index < -0.39 is 0 Å². The van der Waals surface area contributed by atoms with Crippen LogP contribution in [0.2, 0.25) is 0 Å². The second-order valence-corrected chi connectivity index (χ2v) is 6.21. The SMILES string of the molecule is CC(C)(C)c1nc(CN2CC(N)C2)cs1. The summed E-state index contributed by atoms with van der Waals surface area (Å²) in [6, 6.07) is 0.380. The first-order valence-electron chi connectivity index (χ1n) is 5.38. The topological polar surface area (TPSA) is 42.2 Å². The highest BCUT2D eigenvalue weighted by atomic mass is 32.1. The summed E-state index contributed by atoms with van der Waals surface area (Å²) in [6.07, 6.45) is 0. The zero-order valence-corrected chi connectivity index (χ0v) is 10.5. The van der Waals surface area contributed by atoms with E-state index in [-0.39, 0.29) is 5.41 Å². The van der Waals surface area contributed by atoms with Gasteiger partial charge in [-0.05, 0) is 0 Å². The Labute approximate surface area is 95.3 Å². The molecule has 4 heteroatoms. The third kappa shape index (κ3) is 2.56. The van der Waals surface area contributed by atoms with E-state index in [1.807, 2.05) is 0 Å². The minimum Gasteiger partial charge on any atom is -0.325 e. The van der Waals surface area contributed by atoms with Gasteiger partial charge in [-0.3, -0.25) is 4.90 Å². The summed E-state index contributed by atoms with van der Waals surface area (Å²) in [5, 5.41) is 3.40. The van der Waals surface area contributed by atoms with Gasteiger partial charge >= 0.3 is 0 Å². The molecule has 2 heterocycles. The molecule has 0 spiro atoms. The van der Waals surface area contributed by atoms with Gasteiger partial charge in [-0.2, -0.15) is 0 Å². The van der Waals surface area contributed by atoms with Gasteiger partial charge in [-0.1, -0.05) is 20.8 Å². The van der Waals surface area contributed by atoms with Crippen LogP contribution >= 0.6 is 11.3 Å². The van der Waals surface area contributed by atoms with Crippen LogP contribution < -0.4 is 5.73 Å². The van der Waals surface area contributed by atoms with Crippen LogP contribution in [0, 0.1) is 0 Å². The highest BCUT2D eigenvalue weighted by Crippen LogP contribution is 2.26. The number of thiazole rings is 1. The Morgan fingerprint density at radius 1 is 1.53 bits per heavy atom. The van der Waals surface area contributed by atoms with Crippen LogP contribution in [0.5, 0.6) is 0 Å². The Morgan fingerprint density at radius 3 is 2.67 bits per heavy atom. The molecule has 1 aromatic rings. The summed E-state index contributed by atoms with van der Waals surface area (Å²) in [6.45, 7) is 9.60. The molecule has 1 aliphatic heterocycles. The molecule has 0 bridgehead atoms. The first kappa shape index (κ1) is 11.0. The molecule has 15 heavy (non-hydrogen) atoms. The number of hydrogen-bond donors (Lipinski definition) is 1. The molecule has 2 rings (SSSR count). The van der Waals surface area contributed by atoms with Gasteiger partial charge in [-0.25, -0.2) is 4.98 Å². The summed E-state index contributed by atoms with van der Waals surface area (Å²) in [5.41, 5.74) is 7.10. The second-order valence-electron chi connectivity index (χ2n) is 5.35. The maximum atomic E-state index is 5.74. The monoisotopic (exact) mass is 225 g/mol. The third-order valence-electron chi connectivity index (χ3n) is 2.56. The maximum Gasteiger partial charge on any atom is 0.0982 e. The number of aromatic nitrogens is 1. The van der Waals surface area contributed by atoms with E-state index in [2.05, 4.69) is 36.0 Å². The van der Waals surface area contributed by atoms with Crippen LogP contribution in [0.1, 0.15) is 31.5 Å². The smallest absolute Gasteiger partial charge is 0.0982 e. The largest absolute Gasteiger partial charge is 0.325 e. The van der Waals surface area contributed by atoms with Gasteiger partial charge in [0.05, 0.1) is 10.7 Å². The molecule has 0 radical (unpaired) electrons. The minimum absolute atomic E-state index is 0.175. The first-order valence-corrected chi connectivity index (χ1v) is 6.26. The predicted octanol–water partition coefficient (Wildman–Crippen LogP) is 1.58. The molecule has 0 atom stereocenters. The number of likely N-dealkylation sites (tertiary alicyclic amines) is 1. The van der Waals surface area contributed by atoms with Crippen LogP contribution in [0.15, 0.2) is 5.38 Å². The van der Waals surface area contributed by atoms with Crippen molar-refractivity contribution < 1.29 is 0 Å². The lowest BCUT2D eigenvalue weighted by Gasteiger charge is -2.36. The summed E-state index contributed by atoms with van der Waals surface area (Å²) >= 11 is 1.76. The van der Waals surface area contributed by atoms with E-state index in [0.717, 1.165) is 19.6 Å². The molecule has 0 aromatic carbocycles. The van der Waals surface area contributed by atoms with Crippen molar-refractivity contribution >= 4 is 11.3 Å². The van der Waals surface area contributed by atoms with Crippen molar-refractivity contribution in [3.8, 4) is 0 Å². The third-order valence-corrected chi connectivity index (χ3v) is 3.88. The molecule has 0 amide bonds. The highest BCUT2D eigenvalue weighted by molar-refractivity contribution is 7.09. The van der Waals surface area contributed by atoms with E-state index in [9.17, 15) is 0 Å². The van der Waals surface area contributed by atoms with Gasteiger partial charge < -0.3 is 5.73 Å². The Hall–Kier alpha value is -0.450. The van der Waals surface area contributed by atoms with Crippen LogP contribution in [0.3, 0.4) is 0 Å². The highest BCUT2D eigenvalue weighted by Gasteiger charge is 2.24. The fourth-order valence-corrected chi connectivity index (χ4v) is 2.59.